The molecule has 1 aliphatic heterocycles. The number of rotatable bonds is 4. The van der Waals surface area contributed by atoms with E-state index in [2.05, 4.69) is 16.8 Å². The molecule has 2 aromatic carbocycles. The van der Waals surface area contributed by atoms with Gasteiger partial charge in [0.2, 0.25) is 0 Å². The zero-order valence-electron chi connectivity index (χ0n) is 16.5. The zero-order valence-corrected chi connectivity index (χ0v) is 17.4. The van der Waals surface area contributed by atoms with E-state index in [0.717, 1.165) is 22.5 Å². The molecule has 0 bridgehead atoms. The van der Waals surface area contributed by atoms with Crippen LogP contribution in [-0.4, -0.2) is 29.0 Å². The zero-order chi connectivity index (χ0) is 20.7. The quantitative estimate of drug-likeness (QED) is 0.453. The normalized spacial score (nSPS) is 16.1. The number of halogens is 1. The highest BCUT2D eigenvalue weighted by Gasteiger charge is 2.34. The molecule has 2 aromatic heterocycles. The number of nitrogens with zero attached hydrogens (tertiary/aromatic N) is 2. The van der Waals surface area contributed by atoms with Crippen molar-refractivity contribution < 1.29 is 13.9 Å². The van der Waals surface area contributed by atoms with Crippen LogP contribution in [0.15, 0.2) is 66.9 Å². The average Bonchev–Trinajstić information content (AvgIpc) is 3.39. The lowest BCUT2D eigenvalue weighted by molar-refractivity contribution is 0.0665. The highest BCUT2D eigenvalue weighted by molar-refractivity contribution is 7.21. The van der Waals surface area contributed by atoms with Crippen LogP contribution in [0.1, 0.15) is 32.5 Å². The largest absolute Gasteiger partial charge is 0.380 e. The highest BCUT2D eigenvalue weighted by atomic mass is 32.1. The number of benzene rings is 2. The lowest BCUT2D eigenvalue weighted by atomic mass is 9.99. The predicted octanol–water partition coefficient (Wildman–Crippen LogP) is 5.23. The van der Waals surface area contributed by atoms with Crippen LogP contribution in [-0.2, 0) is 17.9 Å². The van der Waals surface area contributed by atoms with Gasteiger partial charge in [0, 0.05) is 47.7 Å². The fourth-order valence-corrected chi connectivity index (χ4v) is 5.52. The van der Waals surface area contributed by atoms with Gasteiger partial charge in [0.05, 0.1) is 17.5 Å². The van der Waals surface area contributed by atoms with Crippen molar-refractivity contribution in [3.63, 3.8) is 0 Å². The van der Waals surface area contributed by atoms with E-state index in [1.165, 1.54) is 17.4 Å². The molecule has 0 saturated carbocycles. The Hall–Kier alpha value is -2.96. The van der Waals surface area contributed by atoms with Crippen molar-refractivity contribution in [3.8, 4) is 0 Å². The molecule has 0 spiro atoms. The third kappa shape index (κ3) is 3.04. The van der Waals surface area contributed by atoms with E-state index in [9.17, 15) is 9.18 Å². The minimum atomic E-state index is -0.318. The lowest BCUT2D eigenvalue weighted by Gasteiger charge is -2.37. The maximum Gasteiger partial charge on any atom is 0.265 e. The van der Waals surface area contributed by atoms with Crippen molar-refractivity contribution >= 4 is 27.3 Å². The smallest absolute Gasteiger partial charge is 0.265 e. The van der Waals surface area contributed by atoms with Gasteiger partial charge in [0.25, 0.3) is 5.91 Å². The van der Waals surface area contributed by atoms with Gasteiger partial charge in [-0.25, -0.2) is 4.39 Å². The van der Waals surface area contributed by atoms with Crippen LogP contribution in [0.3, 0.4) is 0 Å². The second-order valence-electron chi connectivity index (χ2n) is 7.39. The van der Waals surface area contributed by atoms with Crippen LogP contribution in [0.25, 0.3) is 10.1 Å². The summed E-state index contributed by atoms with van der Waals surface area (Å²) in [4.78, 5) is 16.3. The maximum absolute atomic E-state index is 14.6. The van der Waals surface area contributed by atoms with E-state index in [1.807, 2.05) is 47.4 Å². The fraction of sp³-hybridized carbons (Fsp3) is 0.208. The van der Waals surface area contributed by atoms with Crippen molar-refractivity contribution in [2.24, 2.45) is 0 Å². The number of hydrogen-bond acceptors (Lipinski definition) is 3. The molecule has 0 radical (unpaired) electrons. The first-order chi connectivity index (χ1) is 14.7. The van der Waals surface area contributed by atoms with E-state index >= 15 is 0 Å². The molecule has 1 atom stereocenters. The molecule has 0 N–H and O–H groups in total. The van der Waals surface area contributed by atoms with Crippen LogP contribution < -0.4 is 0 Å². The van der Waals surface area contributed by atoms with Gasteiger partial charge >= 0.3 is 0 Å². The number of ether oxygens (including phenoxy) is 1. The van der Waals surface area contributed by atoms with Gasteiger partial charge in [-0.1, -0.05) is 36.4 Å². The highest BCUT2D eigenvalue weighted by Crippen LogP contribution is 2.38. The van der Waals surface area contributed by atoms with Crippen LogP contribution in [0.5, 0.6) is 0 Å². The third-order valence-electron chi connectivity index (χ3n) is 5.66. The number of carbonyl (C=O) groups excluding carboxylic acids is 1. The Morgan fingerprint density at radius 3 is 2.73 bits per heavy atom. The number of aromatic nitrogens is 1. The van der Waals surface area contributed by atoms with Crippen LogP contribution in [0, 0.1) is 5.82 Å². The van der Waals surface area contributed by atoms with Crippen molar-refractivity contribution in [1.82, 2.24) is 9.47 Å². The Morgan fingerprint density at radius 2 is 1.93 bits per heavy atom. The fourth-order valence-electron chi connectivity index (χ4n) is 4.34. The Kier molecular flexibility index (Phi) is 4.89. The van der Waals surface area contributed by atoms with Crippen molar-refractivity contribution in [1.29, 1.82) is 0 Å². The Labute approximate surface area is 178 Å². The third-order valence-corrected chi connectivity index (χ3v) is 6.85. The van der Waals surface area contributed by atoms with E-state index in [1.54, 1.807) is 13.2 Å². The van der Waals surface area contributed by atoms with Gasteiger partial charge in [-0.15, -0.1) is 11.3 Å². The summed E-state index contributed by atoms with van der Waals surface area (Å²) in [5.41, 5.74) is 2.78. The Balaban J connectivity index is 1.64. The van der Waals surface area contributed by atoms with Crippen LogP contribution in [0.2, 0.25) is 0 Å². The molecular weight excluding hydrogens is 399 g/mol. The molecule has 6 heteroatoms. The minimum absolute atomic E-state index is 0.0797. The summed E-state index contributed by atoms with van der Waals surface area (Å²) in [6.07, 6.45) is 2.05. The average molecular weight is 421 g/mol. The lowest BCUT2D eigenvalue weighted by Crippen LogP contribution is -2.42. The van der Waals surface area contributed by atoms with Crippen LogP contribution in [0.4, 0.5) is 4.39 Å². The van der Waals surface area contributed by atoms with Gasteiger partial charge in [-0.2, -0.15) is 0 Å². The summed E-state index contributed by atoms with van der Waals surface area (Å²) in [6, 6.07) is 18.9. The second-order valence-corrected chi connectivity index (χ2v) is 8.45. The molecule has 3 heterocycles. The molecule has 30 heavy (non-hydrogen) atoms. The maximum atomic E-state index is 14.6. The van der Waals surface area contributed by atoms with Crippen LogP contribution >= 0.6 is 11.3 Å². The summed E-state index contributed by atoms with van der Waals surface area (Å²) >= 11 is 1.34. The van der Waals surface area contributed by atoms with Crippen molar-refractivity contribution in [2.45, 2.75) is 19.2 Å². The number of methoxy groups -OCH3 is 1. The first-order valence-corrected chi connectivity index (χ1v) is 10.7. The monoisotopic (exact) mass is 420 g/mol. The topological polar surface area (TPSA) is 34.5 Å². The summed E-state index contributed by atoms with van der Waals surface area (Å²) in [5, 5.41) is 0.490. The first-order valence-electron chi connectivity index (χ1n) is 9.89. The molecular formula is C24H21FN2O2S. The molecule has 1 unspecified atom stereocenters. The Bertz CT molecular complexity index is 1210. The van der Waals surface area contributed by atoms with E-state index < -0.39 is 0 Å². The number of fused-ring (bicyclic) bond motifs is 2. The molecule has 0 saturated heterocycles. The minimum Gasteiger partial charge on any atom is -0.380 e. The molecule has 1 amide bonds. The van der Waals surface area contributed by atoms with Gasteiger partial charge < -0.3 is 14.2 Å². The SMILES string of the molecule is COCc1c(C(=O)N2CCn3cccc3C2c2ccccc2)sc2cccc(F)c12. The molecule has 4 nitrogen and oxygen atoms in total. The van der Waals surface area contributed by atoms with E-state index in [0.29, 0.717) is 22.4 Å². The van der Waals surface area contributed by atoms with Crippen molar-refractivity contribution in [2.75, 3.05) is 13.7 Å². The Morgan fingerprint density at radius 1 is 1.10 bits per heavy atom. The van der Waals surface area contributed by atoms with E-state index in [4.69, 9.17) is 4.74 Å². The first kappa shape index (κ1) is 19.0. The summed E-state index contributed by atoms with van der Waals surface area (Å²) < 4.78 is 22.9. The second kappa shape index (κ2) is 7.70. The summed E-state index contributed by atoms with van der Waals surface area (Å²) in [6.45, 7) is 1.52. The van der Waals surface area contributed by atoms with Gasteiger partial charge in [0.1, 0.15) is 5.82 Å². The van der Waals surface area contributed by atoms with Gasteiger partial charge in [-0.05, 0) is 29.8 Å². The molecule has 0 aliphatic carbocycles. The number of hydrogen-bond donors (Lipinski definition) is 0. The molecule has 0 fully saturated rings. The molecule has 152 valence electrons. The summed E-state index contributed by atoms with van der Waals surface area (Å²) in [5.74, 6) is -0.397. The number of amides is 1. The number of carbonyl (C=O) groups is 1. The van der Waals surface area contributed by atoms with Crippen molar-refractivity contribution in [3.05, 3.63) is 94.4 Å². The molecule has 5 rings (SSSR count). The summed E-state index contributed by atoms with van der Waals surface area (Å²) in [7, 11) is 1.57. The van der Waals surface area contributed by atoms with E-state index in [-0.39, 0.29) is 24.4 Å². The van der Waals surface area contributed by atoms with Gasteiger partial charge in [0.15, 0.2) is 0 Å². The molecule has 1 aliphatic rings. The van der Waals surface area contributed by atoms with Gasteiger partial charge in [-0.3, -0.25) is 4.79 Å². The number of thiophene rings is 1. The standard InChI is InChI=1S/C24H21FN2O2S/c1-29-15-17-21-18(25)9-5-11-20(21)30-23(17)24(28)27-14-13-26-12-6-10-19(26)22(27)16-7-3-2-4-8-16/h2-12,22H,13-15H2,1H3. The molecule has 4 aromatic rings. The predicted molar refractivity (Wildman–Crippen MR) is 116 cm³/mol.